The van der Waals surface area contributed by atoms with Gasteiger partial charge in [0.15, 0.2) is 0 Å². The predicted molar refractivity (Wildman–Crippen MR) is 148 cm³/mol. The van der Waals surface area contributed by atoms with E-state index in [9.17, 15) is 0 Å². The Balaban J connectivity index is 1.23. The van der Waals surface area contributed by atoms with Gasteiger partial charge in [0.25, 0.3) is 0 Å². The van der Waals surface area contributed by atoms with Crippen molar-refractivity contribution in [3.8, 4) is 0 Å². The van der Waals surface area contributed by atoms with Crippen molar-refractivity contribution in [3.63, 3.8) is 0 Å². The summed E-state index contributed by atoms with van der Waals surface area (Å²) < 4.78 is 6.58. The van der Waals surface area contributed by atoms with Crippen LogP contribution in [0.1, 0.15) is 92.4 Å². The Labute approximate surface area is 228 Å². The molecular formula is C29H45Br3O. The Morgan fingerprint density at radius 2 is 1.67 bits per heavy atom. The molecule has 33 heavy (non-hydrogen) atoms. The minimum atomic E-state index is 0.0627. The van der Waals surface area contributed by atoms with Gasteiger partial charge in [-0.15, -0.1) is 0 Å². The van der Waals surface area contributed by atoms with Crippen molar-refractivity contribution >= 4 is 47.8 Å². The van der Waals surface area contributed by atoms with Crippen LogP contribution in [-0.2, 0) is 4.74 Å². The summed E-state index contributed by atoms with van der Waals surface area (Å²) in [6.07, 6.45) is 13.5. The second-order valence-corrected chi connectivity index (χ2v) is 19.2. The van der Waals surface area contributed by atoms with Crippen LogP contribution < -0.4 is 0 Å². The molecule has 12 atom stereocenters. The van der Waals surface area contributed by atoms with Crippen molar-refractivity contribution in [2.24, 2.45) is 63.6 Å². The van der Waals surface area contributed by atoms with E-state index < -0.39 is 0 Å². The normalized spacial score (nSPS) is 58.9. The number of methoxy groups -OCH3 is 1. The quantitative estimate of drug-likeness (QED) is 0.270. The Kier molecular flexibility index (Phi) is 5.61. The molecule has 0 aromatic heterocycles. The molecule has 6 aliphatic rings. The van der Waals surface area contributed by atoms with Gasteiger partial charge in [0.05, 0.1) is 10.4 Å². The molecule has 0 aromatic rings. The highest BCUT2D eigenvalue weighted by molar-refractivity contribution is 9.26. The van der Waals surface area contributed by atoms with Gasteiger partial charge < -0.3 is 4.74 Å². The maximum atomic E-state index is 6.33. The number of alkyl halides is 3. The van der Waals surface area contributed by atoms with E-state index in [0.29, 0.717) is 34.2 Å². The molecule has 6 rings (SSSR count). The summed E-state index contributed by atoms with van der Waals surface area (Å²) in [7, 11) is 2.03. The van der Waals surface area contributed by atoms with Crippen molar-refractivity contribution in [1.29, 1.82) is 0 Å². The van der Waals surface area contributed by atoms with Crippen LogP contribution >= 0.6 is 47.8 Å². The van der Waals surface area contributed by atoms with Crippen molar-refractivity contribution < 1.29 is 4.74 Å². The Morgan fingerprint density at radius 1 is 0.939 bits per heavy atom. The monoisotopic (exact) mass is 646 g/mol. The second-order valence-electron chi connectivity index (χ2n) is 14.3. The third kappa shape index (κ3) is 2.85. The SMILES string of the molecule is CO[C@@H]1C[C@H]2[C@@H]3CC[C@H]([C@H](C)C[C@H]4C(Br)(Br)[C@]4(Br)C(C)C)[C@@]3(C)CC[C@@H]2[C@@]2(C)CC[C@@H]3C[C@]312. The first-order chi connectivity index (χ1) is 15.4. The molecule has 0 unspecified atom stereocenters. The fourth-order valence-corrected chi connectivity index (χ4v) is 15.3. The van der Waals surface area contributed by atoms with Gasteiger partial charge >= 0.3 is 0 Å². The zero-order valence-electron chi connectivity index (χ0n) is 21.6. The second kappa shape index (κ2) is 7.49. The van der Waals surface area contributed by atoms with Crippen molar-refractivity contribution in [1.82, 2.24) is 0 Å². The molecule has 1 nitrogen and oxygen atoms in total. The van der Waals surface area contributed by atoms with Gasteiger partial charge in [-0.3, -0.25) is 0 Å². The highest BCUT2D eigenvalue weighted by Gasteiger charge is 2.78. The average molecular weight is 649 g/mol. The van der Waals surface area contributed by atoms with E-state index in [1.54, 1.807) is 0 Å². The first-order valence-electron chi connectivity index (χ1n) is 14.0. The molecule has 0 N–H and O–H groups in total. The molecular weight excluding hydrogens is 604 g/mol. The van der Waals surface area contributed by atoms with E-state index in [1.807, 2.05) is 7.11 Å². The molecule has 4 heteroatoms. The van der Waals surface area contributed by atoms with E-state index in [4.69, 9.17) is 4.74 Å². The number of ether oxygens (including phenoxy) is 1. The maximum Gasteiger partial charge on any atom is 0.101 e. The number of fused-ring (bicyclic) bond motifs is 4. The molecule has 188 valence electrons. The van der Waals surface area contributed by atoms with Gasteiger partial charge in [0.1, 0.15) is 3.23 Å². The van der Waals surface area contributed by atoms with E-state index >= 15 is 0 Å². The molecule has 0 heterocycles. The molecule has 0 radical (unpaired) electrons. The molecule has 1 spiro atoms. The van der Waals surface area contributed by atoms with Gasteiger partial charge in [-0.1, -0.05) is 82.4 Å². The van der Waals surface area contributed by atoms with Crippen LogP contribution in [0.5, 0.6) is 0 Å². The largest absolute Gasteiger partial charge is 0.381 e. The molecule has 0 amide bonds. The van der Waals surface area contributed by atoms with E-state index in [0.717, 1.165) is 35.5 Å². The lowest BCUT2D eigenvalue weighted by molar-refractivity contribution is -0.161. The fraction of sp³-hybridized carbons (Fsp3) is 1.00. The zero-order chi connectivity index (χ0) is 23.8. The number of rotatable bonds is 5. The smallest absolute Gasteiger partial charge is 0.101 e. The van der Waals surface area contributed by atoms with Gasteiger partial charge in [-0.05, 0) is 110 Å². The standard InChI is InChI=1S/C29H45Br3O/c1-16(2)28(30)23(29(28,31)32)13-17(3)20-7-8-21-19-14-24(33-6)27-15-18(27)9-12-26(27,5)22(19)10-11-25(20,21)4/h16-24H,7-15H2,1-6H3/t17-,18-,19+,20-,21+,22+,23-,24-,25-,26-,27+,28+/m1/s1. The molecule has 6 aliphatic carbocycles. The van der Waals surface area contributed by atoms with Gasteiger partial charge in [-0.25, -0.2) is 0 Å². The van der Waals surface area contributed by atoms with Crippen LogP contribution in [0.25, 0.3) is 0 Å². The first-order valence-corrected chi connectivity index (χ1v) is 16.4. The minimum Gasteiger partial charge on any atom is -0.381 e. The lowest BCUT2D eigenvalue weighted by Crippen LogP contribution is -2.57. The minimum absolute atomic E-state index is 0.0627. The van der Waals surface area contributed by atoms with Crippen molar-refractivity contribution in [3.05, 3.63) is 0 Å². The third-order valence-electron chi connectivity index (χ3n) is 13.4. The lowest BCUT2D eigenvalue weighted by Gasteiger charge is -2.61. The van der Waals surface area contributed by atoms with E-state index in [1.165, 1.54) is 57.8 Å². The summed E-state index contributed by atoms with van der Waals surface area (Å²) in [4.78, 5) is 0. The summed E-state index contributed by atoms with van der Waals surface area (Å²) in [6.45, 7) is 12.7. The van der Waals surface area contributed by atoms with Crippen molar-refractivity contribution in [2.75, 3.05) is 7.11 Å². The van der Waals surface area contributed by atoms with Gasteiger partial charge in [0, 0.05) is 18.4 Å². The molecule has 0 bridgehead atoms. The predicted octanol–water partition coefficient (Wildman–Crippen LogP) is 9.20. The lowest BCUT2D eigenvalue weighted by atomic mass is 9.45. The Bertz CT molecular complexity index is 828. The highest BCUT2D eigenvalue weighted by Crippen LogP contribution is 2.82. The van der Waals surface area contributed by atoms with Crippen LogP contribution in [0.4, 0.5) is 0 Å². The molecule has 6 saturated carbocycles. The summed E-state index contributed by atoms with van der Waals surface area (Å²) in [6, 6.07) is 0. The first kappa shape index (κ1) is 24.7. The molecule has 0 saturated heterocycles. The summed E-state index contributed by atoms with van der Waals surface area (Å²) in [5.41, 5.74) is 1.64. The highest BCUT2D eigenvalue weighted by atomic mass is 79.9. The van der Waals surface area contributed by atoms with Gasteiger partial charge in [-0.2, -0.15) is 0 Å². The topological polar surface area (TPSA) is 9.23 Å². The Hall–Kier alpha value is 1.40. The average Bonchev–Trinajstić information content (AvgIpc) is 3.44. The number of hydrogen-bond acceptors (Lipinski definition) is 1. The molecule has 0 aliphatic heterocycles. The van der Waals surface area contributed by atoms with Crippen LogP contribution in [0, 0.1) is 63.6 Å². The summed E-state index contributed by atoms with van der Waals surface area (Å²) in [5.74, 6) is 6.72. The van der Waals surface area contributed by atoms with Gasteiger partial charge in [0.2, 0.25) is 0 Å². The zero-order valence-corrected chi connectivity index (χ0v) is 26.4. The summed E-state index contributed by atoms with van der Waals surface area (Å²) in [5, 5.41) is 0. The molecule has 6 fully saturated rings. The summed E-state index contributed by atoms with van der Waals surface area (Å²) >= 11 is 12.3. The van der Waals surface area contributed by atoms with Crippen molar-refractivity contribution in [2.45, 2.75) is 106 Å². The van der Waals surface area contributed by atoms with E-state index in [2.05, 4.69) is 82.4 Å². The van der Waals surface area contributed by atoms with Crippen LogP contribution in [0.2, 0.25) is 0 Å². The maximum absolute atomic E-state index is 6.33. The van der Waals surface area contributed by atoms with Crippen LogP contribution in [0.15, 0.2) is 0 Å². The fourth-order valence-electron chi connectivity index (χ4n) is 11.7. The number of hydrogen-bond donors (Lipinski definition) is 0. The molecule has 0 aromatic carbocycles. The third-order valence-corrected chi connectivity index (χ3v) is 19.0. The Morgan fingerprint density at radius 3 is 2.27 bits per heavy atom. The number of halogens is 3. The van der Waals surface area contributed by atoms with Crippen LogP contribution in [-0.4, -0.2) is 20.8 Å². The van der Waals surface area contributed by atoms with Crippen LogP contribution in [0.3, 0.4) is 0 Å². The van der Waals surface area contributed by atoms with E-state index in [-0.39, 0.29) is 7.56 Å².